The fraction of sp³-hybridized carbons (Fsp3) is 0.520. The molecule has 3 N–H and O–H groups in total. The molecule has 0 saturated carbocycles. The number of benzene rings is 1. The van der Waals surface area contributed by atoms with Crippen LogP contribution in [0.25, 0.3) is 10.9 Å². The molecule has 0 aliphatic carbocycles. The Kier molecular flexibility index (Phi) is 7.36. The van der Waals surface area contributed by atoms with E-state index in [0.29, 0.717) is 6.07 Å². The average molecular weight is 565 g/mol. The van der Waals surface area contributed by atoms with Gasteiger partial charge in [-0.25, -0.2) is 0 Å². The zero-order valence-electron chi connectivity index (χ0n) is 21.2. The van der Waals surface area contributed by atoms with Crippen LogP contribution in [0, 0.1) is 5.95 Å². The van der Waals surface area contributed by atoms with E-state index in [2.05, 4.69) is 15.4 Å². The molecular formula is C25H27F7N4O3. The van der Waals surface area contributed by atoms with E-state index < -0.39 is 64.2 Å². The number of nitrogens with zero attached hydrogens (tertiary/aromatic N) is 3. The normalized spacial score (nSPS) is 22.9. The molecule has 3 aromatic rings. The smallest absolute Gasteiger partial charge is 0.433 e. The number of alkyl halides is 6. The zero-order chi connectivity index (χ0) is 29.0. The molecule has 1 aromatic carbocycles. The topological polar surface area (TPSA) is 92.4 Å². The lowest BCUT2D eigenvalue weighted by atomic mass is 9.79. The highest BCUT2D eigenvalue weighted by Gasteiger charge is 2.41. The van der Waals surface area contributed by atoms with Gasteiger partial charge in [0.25, 0.3) is 0 Å². The first-order valence-corrected chi connectivity index (χ1v) is 12.0. The number of nitrogens with one attached hydrogen (secondary N) is 1. The van der Waals surface area contributed by atoms with Crippen molar-refractivity contribution in [2.24, 2.45) is 0 Å². The fourth-order valence-electron chi connectivity index (χ4n) is 4.93. The highest BCUT2D eigenvalue weighted by Crippen LogP contribution is 2.40. The van der Waals surface area contributed by atoms with Gasteiger partial charge in [0.2, 0.25) is 5.95 Å². The van der Waals surface area contributed by atoms with Crippen LogP contribution >= 0.6 is 0 Å². The summed E-state index contributed by atoms with van der Waals surface area (Å²) in [7, 11) is 0. The lowest BCUT2D eigenvalue weighted by molar-refractivity contribution is -0.141. The molecule has 0 unspecified atom stereocenters. The molecule has 0 bridgehead atoms. The first kappa shape index (κ1) is 29.0. The van der Waals surface area contributed by atoms with Crippen LogP contribution in [0.2, 0.25) is 0 Å². The number of hydrogen-bond donors (Lipinski definition) is 3. The maximum absolute atomic E-state index is 14.6. The minimum Gasteiger partial charge on any atom is -0.492 e. The maximum atomic E-state index is 14.6. The summed E-state index contributed by atoms with van der Waals surface area (Å²) in [6.07, 6.45) is -8.46. The molecule has 0 amide bonds. The number of aromatic nitrogens is 3. The monoisotopic (exact) mass is 564 g/mol. The third kappa shape index (κ3) is 6.44. The summed E-state index contributed by atoms with van der Waals surface area (Å²) < 4.78 is 101. The van der Waals surface area contributed by atoms with Crippen LogP contribution in [0.15, 0.2) is 30.5 Å². The molecule has 1 aliphatic rings. The Morgan fingerprint density at radius 1 is 1.10 bits per heavy atom. The molecule has 3 atom stereocenters. The van der Waals surface area contributed by atoms with E-state index in [1.54, 1.807) is 6.92 Å². The molecule has 1 fully saturated rings. The van der Waals surface area contributed by atoms with Gasteiger partial charge in [-0.2, -0.15) is 30.7 Å². The highest BCUT2D eigenvalue weighted by atomic mass is 19.4. The van der Waals surface area contributed by atoms with Gasteiger partial charge in [0.05, 0.1) is 34.2 Å². The summed E-state index contributed by atoms with van der Waals surface area (Å²) in [5, 5.41) is 27.5. The number of fused-ring (bicyclic) bond motifs is 1. The molecule has 0 spiro atoms. The molecule has 0 radical (unpaired) electrons. The standard InChI is InChI=1S/C25H27F7N4O3/c1-13-8-23(38,14-4-5-19(33-10-14)25(30,31)32)9-15(34-13)11-39-16-6-17-20(18(7-16)24(27,28)29)36(35-21(17)26)12-22(2,3)37/h4-7,10,13,15,34,37-38H,8-9,11-12H2,1-3H3/t13-,15-,23-/m0/s1. The summed E-state index contributed by atoms with van der Waals surface area (Å²) in [4.78, 5) is 3.41. The molecule has 3 heterocycles. The molecule has 1 saturated heterocycles. The van der Waals surface area contributed by atoms with Gasteiger partial charge < -0.3 is 20.3 Å². The number of ether oxygens (including phenoxy) is 1. The van der Waals surface area contributed by atoms with Gasteiger partial charge in [0.15, 0.2) is 0 Å². The Bertz CT molecular complexity index is 1330. The van der Waals surface area contributed by atoms with E-state index in [0.717, 1.165) is 29.1 Å². The number of pyridine rings is 1. The Balaban J connectivity index is 1.59. The van der Waals surface area contributed by atoms with Crippen LogP contribution in [-0.4, -0.2) is 49.3 Å². The summed E-state index contributed by atoms with van der Waals surface area (Å²) in [5.41, 5.74) is -5.72. The number of halogens is 7. The molecule has 1 aliphatic heterocycles. The lowest BCUT2D eigenvalue weighted by Gasteiger charge is -2.41. The third-order valence-electron chi connectivity index (χ3n) is 6.41. The number of aliphatic hydroxyl groups is 2. The van der Waals surface area contributed by atoms with Gasteiger partial charge in [-0.1, -0.05) is 6.07 Å². The minimum absolute atomic E-state index is 0.0311. The predicted molar refractivity (Wildman–Crippen MR) is 125 cm³/mol. The van der Waals surface area contributed by atoms with Crippen molar-refractivity contribution in [3.05, 3.63) is 53.2 Å². The maximum Gasteiger partial charge on any atom is 0.433 e. The third-order valence-corrected chi connectivity index (χ3v) is 6.41. The second-order valence-electron chi connectivity index (χ2n) is 10.6. The second kappa shape index (κ2) is 9.89. The largest absolute Gasteiger partial charge is 0.492 e. The van der Waals surface area contributed by atoms with Gasteiger partial charge in [-0.05, 0) is 51.8 Å². The predicted octanol–water partition coefficient (Wildman–Crippen LogP) is 4.79. The van der Waals surface area contributed by atoms with Crippen LogP contribution in [0.3, 0.4) is 0 Å². The first-order valence-electron chi connectivity index (χ1n) is 12.0. The SMILES string of the molecule is C[C@H]1C[C@@](O)(c2ccc(C(F)(F)F)nc2)C[C@@H](COc2cc(C(F)(F)F)c3c(c2)c(F)nn3CC(C)(C)O)N1. The molecule has 7 nitrogen and oxygen atoms in total. The minimum atomic E-state index is -4.89. The average Bonchev–Trinajstić information content (AvgIpc) is 3.09. The van der Waals surface area contributed by atoms with Crippen LogP contribution < -0.4 is 10.1 Å². The number of piperidine rings is 1. The molecule has 4 rings (SSSR count). The summed E-state index contributed by atoms with van der Waals surface area (Å²) in [5.74, 6) is -1.46. The Morgan fingerprint density at radius 2 is 1.79 bits per heavy atom. The van der Waals surface area contributed by atoms with Gasteiger partial charge in [0, 0.05) is 23.8 Å². The van der Waals surface area contributed by atoms with Crippen LogP contribution in [0.5, 0.6) is 5.75 Å². The van der Waals surface area contributed by atoms with Crippen molar-refractivity contribution in [3.8, 4) is 5.75 Å². The Morgan fingerprint density at radius 3 is 2.36 bits per heavy atom. The van der Waals surface area contributed by atoms with E-state index >= 15 is 0 Å². The van der Waals surface area contributed by atoms with Crippen LogP contribution in [-0.2, 0) is 24.5 Å². The van der Waals surface area contributed by atoms with E-state index in [4.69, 9.17) is 4.74 Å². The number of rotatable bonds is 6. The molecular weight excluding hydrogens is 537 g/mol. The van der Waals surface area contributed by atoms with E-state index in [9.17, 15) is 40.9 Å². The Labute approximate surface area is 218 Å². The van der Waals surface area contributed by atoms with Crippen molar-refractivity contribution in [1.82, 2.24) is 20.1 Å². The molecule has 214 valence electrons. The van der Waals surface area contributed by atoms with Crippen molar-refractivity contribution in [2.75, 3.05) is 6.61 Å². The second-order valence-corrected chi connectivity index (χ2v) is 10.6. The quantitative estimate of drug-likeness (QED) is 0.373. The first-order chi connectivity index (χ1) is 17.9. The van der Waals surface area contributed by atoms with Crippen molar-refractivity contribution < 1.29 is 45.7 Å². The summed E-state index contributed by atoms with van der Waals surface area (Å²) in [6, 6.07) is 2.75. The van der Waals surface area contributed by atoms with E-state index in [1.165, 1.54) is 13.8 Å². The number of hydrogen-bond acceptors (Lipinski definition) is 6. The van der Waals surface area contributed by atoms with Crippen molar-refractivity contribution in [3.63, 3.8) is 0 Å². The highest BCUT2D eigenvalue weighted by molar-refractivity contribution is 5.85. The van der Waals surface area contributed by atoms with Crippen LogP contribution in [0.4, 0.5) is 30.7 Å². The van der Waals surface area contributed by atoms with Gasteiger partial charge in [0.1, 0.15) is 18.1 Å². The van der Waals surface area contributed by atoms with Gasteiger partial charge in [-0.3, -0.25) is 9.67 Å². The summed E-state index contributed by atoms with van der Waals surface area (Å²) in [6.45, 7) is 3.81. The molecule has 2 aromatic heterocycles. The van der Waals surface area contributed by atoms with Crippen molar-refractivity contribution in [1.29, 1.82) is 0 Å². The Hall–Kier alpha value is -2.97. The van der Waals surface area contributed by atoms with Gasteiger partial charge in [-0.15, -0.1) is 5.10 Å². The van der Waals surface area contributed by atoms with Crippen molar-refractivity contribution in [2.45, 2.75) is 75.8 Å². The van der Waals surface area contributed by atoms with Crippen molar-refractivity contribution >= 4 is 10.9 Å². The molecule has 14 heteroatoms. The molecule has 39 heavy (non-hydrogen) atoms. The van der Waals surface area contributed by atoms with Gasteiger partial charge >= 0.3 is 12.4 Å². The van der Waals surface area contributed by atoms with E-state index in [-0.39, 0.29) is 36.8 Å². The van der Waals surface area contributed by atoms with E-state index in [1.807, 2.05) is 0 Å². The summed E-state index contributed by atoms with van der Waals surface area (Å²) >= 11 is 0. The fourth-order valence-corrected chi connectivity index (χ4v) is 4.93. The zero-order valence-corrected chi connectivity index (χ0v) is 21.2. The van der Waals surface area contributed by atoms with Crippen LogP contribution in [0.1, 0.15) is 50.4 Å². The lowest BCUT2D eigenvalue weighted by Crippen LogP contribution is -2.53.